The minimum atomic E-state index is -2.39. The van der Waals surface area contributed by atoms with Crippen LogP contribution in [0.5, 0.6) is 0 Å². The van der Waals surface area contributed by atoms with Gasteiger partial charge >= 0.3 is 0 Å². The predicted molar refractivity (Wildman–Crippen MR) is 45.2 cm³/mol. The van der Waals surface area contributed by atoms with Crippen LogP contribution in [0.15, 0.2) is 0 Å². The van der Waals surface area contributed by atoms with Crippen molar-refractivity contribution in [1.29, 1.82) is 0 Å². The summed E-state index contributed by atoms with van der Waals surface area (Å²) in [7, 11) is 0. The van der Waals surface area contributed by atoms with Gasteiger partial charge in [-0.3, -0.25) is 0 Å². The summed E-state index contributed by atoms with van der Waals surface area (Å²) in [5, 5.41) is 0.702. The summed E-state index contributed by atoms with van der Waals surface area (Å²) in [6.07, 6.45) is 0.117. The fraction of sp³-hybridized carbons (Fsp3) is 1.00. The molecule has 1 saturated carbocycles. The molecule has 0 aromatic heterocycles. The van der Waals surface area contributed by atoms with Gasteiger partial charge in [0.2, 0.25) is 5.92 Å². The van der Waals surface area contributed by atoms with Crippen molar-refractivity contribution in [2.24, 2.45) is 11.3 Å². The van der Waals surface area contributed by atoms with Crippen LogP contribution in [0.4, 0.5) is 8.78 Å². The average Bonchev–Trinajstić information content (AvgIpc) is 1.81. The van der Waals surface area contributed by atoms with E-state index in [4.69, 9.17) is 0 Å². The summed E-state index contributed by atoms with van der Waals surface area (Å²) in [6, 6.07) is 0. The van der Waals surface area contributed by atoms with Gasteiger partial charge in [-0.15, -0.1) is 0 Å². The second-order valence-electron chi connectivity index (χ2n) is 3.86. The van der Waals surface area contributed by atoms with Gasteiger partial charge in [0, 0.05) is 18.2 Å². The zero-order valence-electron chi connectivity index (χ0n) is 6.83. The van der Waals surface area contributed by atoms with E-state index in [0.29, 0.717) is 11.2 Å². The Balaban J connectivity index is 2.57. The molecular weight excluding hydrogens is 214 g/mol. The largest absolute Gasteiger partial charge is 0.249 e. The minimum absolute atomic E-state index is 0.0584. The van der Waals surface area contributed by atoms with Crippen molar-refractivity contribution >= 4 is 15.9 Å². The number of alkyl halides is 3. The molecule has 0 atom stereocenters. The van der Waals surface area contributed by atoms with E-state index in [9.17, 15) is 8.78 Å². The Labute approximate surface area is 74.5 Å². The first-order valence-electron chi connectivity index (χ1n) is 3.86. The van der Waals surface area contributed by atoms with E-state index in [1.54, 1.807) is 0 Å². The molecule has 0 spiro atoms. The Kier molecular flexibility index (Phi) is 2.30. The van der Waals surface area contributed by atoms with Crippen LogP contribution in [-0.4, -0.2) is 11.3 Å². The standard InChI is InChI=1S/C8H13BrF2/c1-6(2)7(5-9)3-8(10,11)4-7/h6H,3-5H2,1-2H3. The molecule has 0 unspecified atom stereocenters. The van der Waals surface area contributed by atoms with Gasteiger partial charge in [0.05, 0.1) is 0 Å². The summed E-state index contributed by atoms with van der Waals surface area (Å²) in [5.74, 6) is -2.04. The SMILES string of the molecule is CC(C)C1(CBr)CC(F)(F)C1. The molecule has 0 heterocycles. The molecule has 66 valence electrons. The summed E-state index contributed by atoms with van der Waals surface area (Å²) >= 11 is 3.30. The first-order valence-corrected chi connectivity index (χ1v) is 4.98. The van der Waals surface area contributed by atoms with Crippen LogP contribution in [0, 0.1) is 11.3 Å². The Morgan fingerprint density at radius 1 is 1.36 bits per heavy atom. The lowest BCUT2D eigenvalue weighted by molar-refractivity contribution is -0.167. The minimum Gasteiger partial charge on any atom is -0.207 e. The number of hydrogen-bond donors (Lipinski definition) is 0. The molecule has 0 amide bonds. The average molecular weight is 227 g/mol. The second kappa shape index (κ2) is 2.68. The van der Waals surface area contributed by atoms with Gasteiger partial charge in [-0.05, 0) is 11.3 Å². The van der Waals surface area contributed by atoms with E-state index in [0.717, 1.165) is 0 Å². The molecule has 0 aromatic carbocycles. The van der Waals surface area contributed by atoms with Crippen molar-refractivity contribution in [3.63, 3.8) is 0 Å². The third kappa shape index (κ3) is 1.58. The van der Waals surface area contributed by atoms with Crippen molar-refractivity contribution < 1.29 is 8.78 Å². The van der Waals surface area contributed by atoms with E-state index in [-0.39, 0.29) is 18.3 Å². The smallest absolute Gasteiger partial charge is 0.207 e. The first-order chi connectivity index (χ1) is 4.92. The summed E-state index contributed by atoms with van der Waals surface area (Å²) in [4.78, 5) is 0. The van der Waals surface area contributed by atoms with Crippen molar-refractivity contribution in [3.05, 3.63) is 0 Å². The predicted octanol–water partition coefficient (Wildman–Crippen LogP) is 3.45. The third-order valence-electron chi connectivity index (χ3n) is 2.71. The van der Waals surface area contributed by atoms with E-state index in [2.05, 4.69) is 15.9 Å². The van der Waals surface area contributed by atoms with Crippen LogP contribution in [0.1, 0.15) is 26.7 Å². The van der Waals surface area contributed by atoms with Gasteiger partial charge in [0.1, 0.15) is 0 Å². The Hall–Kier alpha value is 0.340. The van der Waals surface area contributed by atoms with Crippen LogP contribution in [0.2, 0.25) is 0 Å². The van der Waals surface area contributed by atoms with Gasteiger partial charge in [-0.1, -0.05) is 29.8 Å². The highest BCUT2D eigenvalue weighted by molar-refractivity contribution is 9.09. The summed E-state index contributed by atoms with van der Waals surface area (Å²) in [6.45, 7) is 4.02. The quantitative estimate of drug-likeness (QED) is 0.634. The topological polar surface area (TPSA) is 0 Å². The molecule has 1 aliphatic carbocycles. The number of rotatable bonds is 2. The Bertz CT molecular complexity index is 146. The third-order valence-corrected chi connectivity index (χ3v) is 3.83. The Morgan fingerprint density at radius 3 is 1.91 bits per heavy atom. The zero-order valence-corrected chi connectivity index (χ0v) is 8.42. The lowest BCUT2D eigenvalue weighted by Crippen LogP contribution is -2.50. The summed E-state index contributed by atoms with van der Waals surface area (Å²) < 4.78 is 25.1. The van der Waals surface area contributed by atoms with Crippen molar-refractivity contribution in [2.45, 2.75) is 32.6 Å². The van der Waals surface area contributed by atoms with Crippen LogP contribution >= 0.6 is 15.9 Å². The molecule has 3 heteroatoms. The maximum absolute atomic E-state index is 12.6. The highest BCUT2D eigenvalue weighted by Crippen LogP contribution is 2.56. The van der Waals surface area contributed by atoms with E-state index < -0.39 is 5.92 Å². The molecule has 0 bridgehead atoms. The van der Waals surface area contributed by atoms with Gasteiger partial charge in [0.25, 0.3) is 0 Å². The first kappa shape index (κ1) is 9.43. The maximum atomic E-state index is 12.6. The highest BCUT2D eigenvalue weighted by Gasteiger charge is 2.56. The Morgan fingerprint density at radius 2 is 1.82 bits per heavy atom. The van der Waals surface area contributed by atoms with E-state index >= 15 is 0 Å². The molecule has 0 saturated heterocycles. The van der Waals surface area contributed by atoms with Gasteiger partial charge in [-0.2, -0.15) is 0 Å². The van der Waals surface area contributed by atoms with Gasteiger partial charge in [0.15, 0.2) is 0 Å². The lowest BCUT2D eigenvalue weighted by Gasteiger charge is -2.49. The fourth-order valence-electron chi connectivity index (χ4n) is 1.64. The molecule has 1 fully saturated rings. The highest BCUT2D eigenvalue weighted by atomic mass is 79.9. The molecule has 0 N–H and O–H groups in total. The van der Waals surface area contributed by atoms with Crippen molar-refractivity contribution in [2.75, 3.05) is 5.33 Å². The van der Waals surface area contributed by atoms with Crippen molar-refractivity contribution in [1.82, 2.24) is 0 Å². The molecule has 0 radical (unpaired) electrons. The number of halogens is 3. The molecule has 1 aliphatic rings. The van der Waals surface area contributed by atoms with Gasteiger partial charge < -0.3 is 0 Å². The van der Waals surface area contributed by atoms with Crippen molar-refractivity contribution in [3.8, 4) is 0 Å². The van der Waals surface area contributed by atoms with E-state index in [1.807, 2.05) is 13.8 Å². The molecule has 0 aromatic rings. The van der Waals surface area contributed by atoms with Gasteiger partial charge in [-0.25, -0.2) is 8.78 Å². The van der Waals surface area contributed by atoms with Crippen LogP contribution in [0.25, 0.3) is 0 Å². The molecule has 0 nitrogen and oxygen atoms in total. The van der Waals surface area contributed by atoms with Crippen LogP contribution in [-0.2, 0) is 0 Å². The molecule has 0 aliphatic heterocycles. The monoisotopic (exact) mass is 226 g/mol. The van der Waals surface area contributed by atoms with E-state index in [1.165, 1.54) is 0 Å². The molecule has 1 rings (SSSR count). The lowest BCUT2D eigenvalue weighted by atomic mass is 9.61. The fourth-order valence-corrected chi connectivity index (χ4v) is 2.68. The molecule has 11 heavy (non-hydrogen) atoms. The molecular formula is C8H13BrF2. The summed E-state index contributed by atoms with van der Waals surface area (Å²) in [5.41, 5.74) is -0.135. The normalized spacial score (nSPS) is 26.7. The van der Waals surface area contributed by atoms with Crippen LogP contribution < -0.4 is 0 Å². The van der Waals surface area contributed by atoms with Crippen LogP contribution in [0.3, 0.4) is 0 Å². The second-order valence-corrected chi connectivity index (χ2v) is 4.42. The number of hydrogen-bond acceptors (Lipinski definition) is 0. The zero-order chi connectivity index (χ0) is 8.70. The maximum Gasteiger partial charge on any atom is 0.249 e.